The molecule has 0 spiro atoms. The molecule has 164 valence electrons. The van der Waals surface area contributed by atoms with E-state index in [1.807, 2.05) is 20.8 Å². The summed E-state index contributed by atoms with van der Waals surface area (Å²) in [5, 5.41) is 15.0. The lowest BCUT2D eigenvalue weighted by Crippen LogP contribution is -2.30. The van der Waals surface area contributed by atoms with Gasteiger partial charge in [-0.1, -0.05) is 72.2 Å². The summed E-state index contributed by atoms with van der Waals surface area (Å²) in [5.41, 5.74) is -0.236. The summed E-state index contributed by atoms with van der Waals surface area (Å²) in [4.78, 5) is 27.2. The topological polar surface area (TPSA) is 83.6 Å². The second-order valence-electron chi connectivity index (χ2n) is 8.50. The normalized spacial score (nSPS) is 18.4. The number of nitrogens with zero attached hydrogens (tertiary/aromatic N) is 2. The predicted molar refractivity (Wildman–Crippen MR) is 121 cm³/mol. The Morgan fingerprint density at radius 3 is 2.38 bits per heavy atom. The highest BCUT2D eigenvalue weighted by molar-refractivity contribution is 9.10. The number of rotatable bonds is 3. The summed E-state index contributed by atoms with van der Waals surface area (Å²) < 4.78 is 21.0. The van der Waals surface area contributed by atoms with Crippen molar-refractivity contribution in [3.05, 3.63) is 87.3 Å². The first-order valence-corrected chi connectivity index (χ1v) is 10.7. The number of hydrogen-bond donors (Lipinski definition) is 1. The van der Waals surface area contributed by atoms with Crippen LogP contribution in [0.1, 0.15) is 43.7 Å². The van der Waals surface area contributed by atoms with Crippen LogP contribution in [0, 0.1) is 5.82 Å². The van der Waals surface area contributed by atoms with Gasteiger partial charge in [0, 0.05) is 27.1 Å². The zero-order valence-corrected chi connectivity index (χ0v) is 19.2. The van der Waals surface area contributed by atoms with Crippen LogP contribution >= 0.6 is 15.9 Å². The minimum Gasteiger partial charge on any atom is -0.507 e. The van der Waals surface area contributed by atoms with E-state index in [0.717, 1.165) is 9.37 Å². The minimum atomic E-state index is -1.21. The molecule has 0 radical (unpaired) electrons. The smallest absolute Gasteiger partial charge is 0.301 e. The Kier molecular flexibility index (Phi) is 5.50. The Morgan fingerprint density at radius 1 is 1.12 bits per heavy atom. The molecule has 32 heavy (non-hydrogen) atoms. The van der Waals surface area contributed by atoms with Gasteiger partial charge < -0.3 is 9.63 Å². The number of aromatic nitrogens is 1. The molecule has 0 unspecified atom stereocenters. The van der Waals surface area contributed by atoms with Crippen molar-refractivity contribution in [2.24, 2.45) is 0 Å². The van der Waals surface area contributed by atoms with Crippen LogP contribution in [0.4, 0.5) is 10.2 Å². The van der Waals surface area contributed by atoms with Gasteiger partial charge in [0.2, 0.25) is 0 Å². The lowest BCUT2D eigenvalue weighted by Gasteiger charge is -2.23. The number of Topliss-reactive ketones (excluding diaryl/α,β-unsaturated/α-hetero) is 1. The van der Waals surface area contributed by atoms with Gasteiger partial charge in [0.05, 0.1) is 11.6 Å². The van der Waals surface area contributed by atoms with Crippen molar-refractivity contribution in [3.8, 4) is 0 Å². The first-order valence-electron chi connectivity index (χ1n) is 9.88. The van der Waals surface area contributed by atoms with Crippen LogP contribution in [0.2, 0.25) is 0 Å². The first-order chi connectivity index (χ1) is 15.1. The van der Waals surface area contributed by atoms with Crippen LogP contribution in [0.5, 0.6) is 0 Å². The molecular formula is C24H20BrFN2O4. The monoisotopic (exact) mass is 498 g/mol. The number of benzene rings is 2. The van der Waals surface area contributed by atoms with Crippen LogP contribution in [-0.4, -0.2) is 22.0 Å². The van der Waals surface area contributed by atoms with Crippen LogP contribution in [0.3, 0.4) is 0 Å². The van der Waals surface area contributed by atoms with Crippen LogP contribution in [0.25, 0.3) is 5.76 Å². The van der Waals surface area contributed by atoms with Gasteiger partial charge in [0.1, 0.15) is 17.3 Å². The standard InChI is InChI=1S/C24H20BrFN2O4/c1-24(2,3)17-12-18(27-32-17)28-20(15-6-4-5-7-16(15)26)19(22(30)23(28)31)21(29)13-8-10-14(25)11-9-13/h4-12,20,29H,1-3H3/t20-/m1/s1. The third kappa shape index (κ3) is 3.75. The molecule has 1 N–H and O–H groups in total. The average Bonchev–Trinajstić information content (AvgIpc) is 3.32. The number of halogens is 2. The molecule has 2 aromatic carbocycles. The molecule has 1 fully saturated rings. The highest BCUT2D eigenvalue weighted by Crippen LogP contribution is 2.43. The Morgan fingerprint density at radius 2 is 1.78 bits per heavy atom. The van der Waals surface area contributed by atoms with Crippen LogP contribution < -0.4 is 4.90 Å². The summed E-state index contributed by atoms with van der Waals surface area (Å²) >= 11 is 3.32. The maximum Gasteiger partial charge on any atom is 0.301 e. The van der Waals surface area contributed by atoms with Crippen molar-refractivity contribution in [1.82, 2.24) is 5.16 Å². The molecule has 4 rings (SSSR count). The highest BCUT2D eigenvalue weighted by atomic mass is 79.9. The number of aliphatic hydroxyl groups excluding tert-OH is 1. The Balaban J connectivity index is 1.94. The van der Waals surface area contributed by atoms with E-state index in [2.05, 4.69) is 21.1 Å². The number of hydrogen-bond acceptors (Lipinski definition) is 5. The minimum absolute atomic E-state index is 0.0608. The van der Waals surface area contributed by atoms with Crippen molar-refractivity contribution < 1.29 is 23.6 Å². The third-order valence-corrected chi connectivity index (χ3v) is 5.77. The molecule has 1 aliphatic rings. The molecule has 1 atom stereocenters. The number of ketones is 1. The molecule has 1 aliphatic heterocycles. The van der Waals surface area contributed by atoms with Crippen molar-refractivity contribution in [1.29, 1.82) is 0 Å². The molecule has 1 saturated heterocycles. The third-order valence-electron chi connectivity index (χ3n) is 5.25. The van der Waals surface area contributed by atoms with Crippen molar-refractivity contribution in [3.63, 3.8) is 0 Å². The van der Waals surface area contributed by atoms with E-state index in [4.69, 9.17) is 4.52 Å². The Hall–Kier alpha value is -3.26. The summed E-state index contributed by atoms with van der Waals surface area (Å²) in [7, 11) is 0. The SMILES string of the molecule is CC(C)(C)c1cc(N2C(=O)C(=O)C(=C(O)c3ccc(Br)cc3)[C@H]2c2ccccc2F)no1. The second-order valence-corrected chi connectivity index (χ2v) is 9.41. The molecule has 1 amide bonds. The van der Waals surface area contributed by atoms with E-state index < -0.39 is 34.7 Å². The molecule has 6 nitrogen and oxygen atoms in total. The first kappa shape index (κ1) is 22.0. The summed E-state index contributed by atoms with van der Waals surface area (Å²) in [5.74, 6) is -2.31. The molecular weight excluding hydrogens is 479 g/mol. The van der Waals surface area contributed by atoms with Gasteiger partial charge in [-0.25, -0.2) is 4.39 Å². The largest absolute Gasteiger partial charge is 0.507 e. The maximum absolute atomic E-state index is 14.9. The Bertz CT molecular complexity index is 1240. The highest BCUT2D eigenvalue weighted by Gasteiger charge is 2.49. The summed E-state index contributed by atoms with van der Waals surface area (Å²) in [6.07, 6.45) is 0. The fourth-order valence-corrected chi connectivity index (χ4v) is 3.82. The molecule has 3 aromatic rings. The zero-order chi connectivity index (χ0) is 23.2. The lowest BCUT2D eigenvalue weighted by molar-refractivity contribution is -0.132. The van der Waals surface area contributed by atoms with Gasteiger partial charge in [-0.2, -0.15) is 0 Å². The number of carbonyl (C=O) groups is 2. The van der Waals surface area contributed by atoms with Crippen molar-refractivity contribution in [2.75, 3.05) is 4.90 Å². The second kappa shape index (κ2) is 8.02. The Labute approximate surface area is 192 Å². The molecule has 0 saturated carbocycles. The van der Waals surface area contributed by atoms with Gasteiger partial charge in [-0.15, -0.1) is 0 Å². The van der Waals surface area contributed by atoms with E-state index in [1.165, 1.54) is 18.2 Å². The fraction of sp³-hybridized carbons (Fsp3) is 0.208. The molecule has 2 heterocycles. The van der Waals surface area contributed by atoms with E-state index in [9.17, 15) is 19.1 Å². The maximum atomic E-state index is 14.9. The molecule has 0 bridgehead atoms. The fourth-order valence-electron chi connectivity index (χ4n) is 3.56. The van der Waals surface area contributed by atoms with Crippen LogP contribution in [0.15, 0.2) is 69.2 Å². The zero-order valence-electron chi connectivity index (χ0n) is 17.6. The van der Waals surface area contributed by atoms with Gasteiger partial charge in [0.15, 0.2) is 5.82 Å². The lowest BCUT2D eigenvalue weighted by atomic mass is 9.93. The molecule has 0 aliphatic carbocycles. The quantitative estimate of drug-likeness (QED) is 0.292. The van der Waals surface area contributed by atoms with E-state index >= 15 is 0 Å². The van der Waals surface area contributed by atoms with Gasteiger partial charge >= 0.3 is 5.91 Å². The van der Waals surface area contributed by atoms with Gasteiger partial charge in [-0.05, 0) is 18.2 Å². The van der Waals surface area contributed by atoms with E-state index in [1.54, 1.807) is 36.4 Å². The number of amides is 1. The van der Waals surface area contributed by atoms with Crippen molar-refractivity contribution >= 4 is 39.2 Å². The van der Waals surface area contributed by atoms with E-state index in [0.29, 0.717) is 11.3 Å². The van der Waals surface area contributed by atoms with Gasteiger partial charge in [0.25, 0.3) is 5.78 Å². The predicted octanol–water partition coefficient (Wildman–Crippen LogP) is 5.50. The summed E-state index contributed by atoms with van der Waals surface area (Å²) in [6.45, 7) is 5.73. The molecule has 8 heteroatoms. The van der Waals surface area contributed by atoms with Crippen LogP contribution in [-0.2, 0) is 15.0 Å². The summed E-state index contributed by atoms with van der Waals surface area (Å²) in [6, 6.07) is 12.7. The molecule has 1 aromatic heterocycles. The van der Waals surface area contributed by atoms with E-state index in [-0.39, 0.29) is 17.0 Å². The number of aliphatic hydroxyl groups is 1. The average molecular weight is 499 g/mol. The van der Waals surface area contributed by atoms with Crippen molar-refractivity contribution in [2.45, 2.75) is 32.2 Å². The number of anilines is 1. The number of carbonyl (C=O) groups excluding carboxylic acids is 2. The van der Waals surface area contributed by atoms with Gasteiger partial charge in [-0.3, -0.25) is 14.5 Å².